The molecule has 4 rings (SSSR count). The number of benzene rings is 2. The second-order valence-corrected chi connectivity index (χ2v) is 8.55. The Hall–Kier alpha value is -2.90. The molecule has 1 aliphatic rings. The Morgan fingerprint density at radius 1 is 1.00 bits per heavy atom. The molecule has 0 bridgehead atoms. The average Bonchev–Trinajstić information content (AvgIpc) is 3.26. The molecule has 0 radical (unpaired) electrons. The van der Waals surface area contributed by atoms with E-state index in [4.69, 9.17) is 11.6 Å². The van der Waals surface area contributed by atoms with Crippen molar-refractivity contribution in [2.45, 2.75) is 12.8 Å². The first-order valence-corrected chi connectivity index (χ1v) is 11.4. The van der Waals surface area contributed by atoms with Crippen LogP contribution in [0.3, 0.4) is 0 Å². The predicted octanol–water partition coefficient (Wildman–Crippen LogP) is 4.33. The van der Waals surface area contributed by atoms with E-state index in [1.165, 1.54) is 11.3 Å². The standard InChI is InChI=1S/C23H23ClN4O2S/c24-19-8-4-5-9-20(19)27-12-14-28(15-13-27)21(29)11-10-18-16-31-23(25-18)26-22(30)17-6-2-1-3-7-17/h1-9,16H,10-15H2,(H,25,26,30). The minimum atomic E-state index is -0.186. The van der Waals surface area contributed by atoms with Gasteiger partial charge in [0, 0.05) is 43.5 Å². The fraction of sp³-hybridized carbons (Fsp3) is 0.261. The number of carbonyl (C=O) groups is 2. The molecule has 1 aromatic heterocycles. The first-order valence-electron chi connectivity index (χ1n) is 10.2. The van der Waals surface area contributed by atoms with Gasteiger partial charge >= 0.3 is 0 Å². The normalized spacial score (nSPS) is 13.8. The molecule has 1 saturated heterocycles. The Morgan fingerprint density at radius 2 is 1.71 bits per heavy atom. The molecule has 1 aliphatic heterocycles. The zero-order valence-corrected chi connectivity index (χ0v) is 18.5. The monoisotopic (exact) mass is 454 g/mol. The summed E-state index contributed by atoms with van der Waals surface area (Å²) in [4.78, 5) is 33.4. The van der Waals surface area contributed by atoms with E-state index in [2.05, 4.69) is 15.2 Å². The first kappa shape index (κ1) is 21.3. The lowest BCUT2D eigenvalue weighted by Crippen LogP contribution is -2.48. The zero-order chi connectivity index (χ0) is 21.6. The van der Waals surface area contributed by atoms with Crippen molar-refractivity contribution in [3.8, 4) is 0 Å². The summed E-state index contributed by atoms with van der Waals surface area (Å²) in [5.41, 5.74) is 2.42. The molecule has 1 N–H and O–H groups in total. The van der Waals surface area contributed by atoms with Crippen LogP contribution < -0.4 is 10.2 Å². The minimum absolute atomic E-state index is 0.127. The second-order valence-electron chi connectivity index (χ2n) is 7.28. The van der Waals surface area contributed by atoms with Crippen molar-refractivity contribution < 1.29 is 9.59 Å². The Balaban J connectivity index is 1.24. The fourth-order valence-corrected chi connectivity index (χ4v) is 4.53. The maximum Gasteiger partial charge on any atom is 0.257 e. The third-order valence-corrected chi connectivity index (χ3v) is 6.35. The van der Waals surface area contributed by atoms with Crippen molar-refractivity contribution in [1.82, 2.24) is 9.88 Å². The Bertz CT molecular complexity index is 1050. The van der Waals surface area contributed by atoms with E-state index in [0.29, 0.717) is 36.6 Å². The molecule has 0 unspecified atom stereocenters. The van der Waals surface area contributed by atoms with Gasteiger partial charge in [-0.25, -0.2) is 4.98 Å². The van der Waals surface area contributed by atoms with E-state index in [9.17, 15) is 9.59 Å². The van der Waals surface area contributed by atoms with E-state index in [1.54, 1.807) is 12.1 Å². The lowest BCUT2D eigenvalue weighted by atomic mass is 10.2. The summed E-state index contributed by atoms with van der Waals surface area (Å²) < 4.78 is 0. The molecule has 6 nitrogen and oxygen atoms in total. The third-order valence-electron chi connectivity index (χ3n) is 5.23. The van der Waals surface area contributed by atoms with Gasteiger partial charge in [0.05, 0.1) is 16.4 Å². The average molecular weight is 455 g/mol. The highest BCUT2D eigenvalue weighted by atomic mass is 35.5. The fourth-order valence-electron chi connectivity index (χ4n) is 3.54. The number of aryl methyl sites for hydroxylation is 1. The van der Waals surface area contributed by atoms with Crippen LogP contribution in [0.2, 0.25) is 5.02 Å². The molecule has 1 fully saturated rings. The van der Waals surface area contributed by atoms with Gasteiger partial charge in [0.2, 0.25) is 5.91 Å². The number of nitrogens with one attached hydrogen (secondary N) is 1. The number of hydrogen-bond acceptors (Lipinski definition) is 5. The molecule has 160 valence electrons. The van der Waals surface area contributed by atoms with Crippen molar-refractivity contribution in [2.24, 2.45) is 0 Å². The summed E-state index contributed by atoms with van der Waals surface area (Å²) in [5.74, 6) is -0.0596. The number of rotatable bonds is 6. The Morgan fingerprint density at radius 3 is 2.45 bits per heavy atom. The highest BCUT2D eigenvalue weighted by molar-refractivity contribution is 7.14. The van der Waals surface area contributed by atoms with Gasteiger partial charge in [-0.15, -0.1) is 11.3 Å². The van der Waals surface area contributed by atoms with Crippen LogP contribution >= 0.6 is 22.9 Å². The van der Waals surface area contributed by atoms with Crippen LogP contribution in [0.15, 0.2) is 60.0 Å². The highest BCUT2D eigenvalue weighted by Gasteiger charge is 2.22. The second kappa shape index (κ2) is 9.94. The number of piperazine rings is 1. The maximum atomic E-state index is 12.6. The summed E-state index contributed by atoms with van der Waals surface area (Å²) in [7, 11) is 0. The van der Waals surface area contributed by atoms with Crippen LogP contribution in [0, 0.1) is 0 Å². The van der Waals surface area contributed by atoms with Crippen molar-refractivity contribution in [3.63, 3.8) is 0 Å². The van der Waals surface area contributed by atoms with E-state index in [0.717, 1.165) is 29.5 Å². The molecular formula is C23H23ClN4O2S. The van der Waals surface area contributed by atoms with Crippen LogP contribution in [-0.4, -0.2) is 47.9 Å². The van der Waals surface area contributed by atoms with E-state index in [1.807, 2.05) is 52.7 Å². The van der Waals surface area contributed by atoms with Gasteiger partial charge in [0.1, 0.15) is 0 Å². The first-order chi connectivity index (χ1) is 15.1. The summed E-state index contributed by atoms with van der Waals surface area (Å²) in [5, 5.41) is 5.99. The largest absolute Gasteiger partial charge is 0.367 e. The SMILES string of the molecule is O=C(Nc1nc(CCC(=O)N2CCN(c3ccccc3Cl)CC2)cs1)c1ccccc1. The summed E-state index contributed by atoms with van der Waals surface area (Å²) in [6.45, 7) is 2.89. The molecule has 31 heavy (non-hydrogen) atoms. The van der Waals surface area contributed by atoms with E-state index < -0.39 is 0 Å². The maximum absolute atomic E-state index is 12.6. The lowest BCUT2D eigenvalue weighted by molar-refractivity contribution is -0.131. The number of carbonyl (C=O) groups excluding carboxylic acids is 2. The van der Waals surface area contributed by atoms with Gasteiger partial charge in [-0.1, -0.05) is 41.9 Å². The number of halogens is 1. The number of thiazole rings is 1. The van der Waals surface area contributed by atoms with Crippen molar-refractivity contribution >= 4 is 45.6 Å². The molecule has 0 saturated carbocycles. The molecule has 0 atom stereocenters. The smallest absolute Gasteiger partial charge is 0.257 e. The van der Waals surface area contributed by atoms with Crippen LogP contribution in [0.1, 0.15) is 22.5 Å². The number of para-hydroxylation sites is 1. The zero-order valence-electron chi connectivity index (χ0n) is 17.0. The van der Waals surface area contributed by atoms with Crippen molar-refractivity contribution in [1.29, 1.82) is 0 Å². The molecule has 0 spiro atoms. The van der Waals surface area contributed by atoms with Crippen LogP contribution in [0.5, 0.6) is 0 Å². The van der Waals surface area contributed by atoms with Crippen LogP contribution in [-0.2, 0) is 11.2 Å². The summed E-state index contributed by atoms with van der Waals surface area (Å²) in [6.07, 6.45) is 0.961. The third kappa shape index (κ3) is 5.42. The molecule has 0 aliphatic carbocycles. The Labute approximate surface area is 190 Å². The Kier molecular flexibility index (Phi) is 6.84. The van der Waals surface area contributed by atoms with Crippen molar-refractivity contribution in [2.75, 3.05) is 36.4 Å². The van der Waals surface area contributed by atoms with Gasteiger partial charge in [0.15, 0.2) is 5.13 Å². The molecule has 3 aromatic rings. The summed E-state index contributed by atoms with van der Waals surface area (Å²) >= 11 is 7.66. The topological polar surface area (TPSA) is 65.5 Å². The lowest BCUT2D eigenvalue weighted by Gasteiger charge is -2.36. The summed E-state index contributed by atoms with van der Waals surface area (Å²) in [6, 6.07) is 16.8. The number of amides is 2. The molecule has 2 amide bonds. The number of aromatic nitrogens is 1. The van der Waals surface area contributed by atoms with Crippen LogP contribution in [0.25, 0.3) is 0 Å². The van der Waals surface area contributed by atoms with Gasteiger partial charge in [-0.2, -0.15) is 0 Å². The van der Waals surface area contributed by atoms with Crippen molar-refractivity contribution in [3.05, 3.63) is 76.3 Å². The highest BCUT2D eigenvalue weighted by Crippen LogP contribution is 2.26. The van der Waals surface area contributed by atoms with Gasteiger partial charge < -0.3 is 9.80 Å². The number of anilines is 2. The van der Waals surface area contributed by atoms with Gasteiger partial charge in [0.25, 0.3) is 5.91 Å². The van der Waals surface area contributed by atoms with Gasteiger partial charge in [-0.05, 0) is 30.7 Å². The molecule has 8 heteroatoms. The van der Waals surface area contributed by atoms with Crippen LogP contribution in [0.4, 0.5) is 10.8 Å². The minimum Gasteiger partial charge on any atom is -0.367 e. The molecular weight excluding hydrogens is 432 g/mol. The van der Waals surface area contributed by atoms with E-state index in [-0.39, 0.29) is 11.8 Å². The number of hydrogen-bond donors (Lipinski definition) is 1. The number of nitrogens with zero attached hydrogens (tertiary/aromatic N) is 3. The molecule has 2 heterocycles. The van der Waals surface area contributed by atoms with Gasteiger partial charge in [-0.3, -0.25) is 14.9 Å². The molecule has 2 aromatic carbocycles. The quantitative estimate of drug-likeness (QED) is 0.602. The predicted molar refractivity (Wildman–Crippen MR) is 125 cm³/mol. The van der Waals surface area contributed by atoms with E-state index >= 15 is 0 Å².